The van der Waals surface area contributed by atoms with Gasteiger partial charge in [-0.2, -0.15) is 0 Å². The standard InChI is InChI=1S/C16H19N3O2/c1-4-19(14-7-5-11(2)6-8-14)18-16(21)15-9-13(10-17-15)12(3)20/h5-10,17H,4H2,1-3H3,(H,18,21). The molecule has 0 aliphatic rings. The van der Waals surface area contributed by atoms with E-state index in [1.807, 2.05) is 38.1 Å². The summed E-state index contributed by atoms with van der Waals surface area (Å²) in [4.78, 5) is 26.3. The zero-order valence-electron chi connectivity index (χ0n) is 12.4. The molecule has 0 aliphatic heterocycles. The zero-order valence-corrected chi connectivity index (χ0v) is 12.4. The predicted octanol–water partition coefficient (Wildman–Crippen LogP) is 2.70. The topological polar surface area (TPSA) is 65.2 Å². The molecule has 0 unspecified atom stereocenters. The first kappa shape index (κ1) is 14.8. The number of nitrogens with one attached hydrogen (secondary N) is 2. The van der Waals surface area contributed by atoms with Crippen LogP contribution >= 0.6 is 0 Å². The molecule has 5 nitrogen and oxygen atoms in total. The predicted molar refractivity (Wildman–Crippen MR) is 82.5 cm³/mol. The van der Waals surface area contributed by atoms with Crippen molar-refractivity contribution in [1.82, 2.24) is 10.4 Å². The van der Waals surface area contributed by atoms with E-state index >= 15 is 0 Å². The number of aromatic nitrogens is 1. The van der Waals surface area contributed by atoms with Crippen LogP contribution in [0.25, 0.3) is 0 Å². The van der Waals surface area contributed by atoms with E-state index in [4.69, 9.17) is 0 Å². The summed E-state index contributed by atoms with van der Waals surface area (Å²) in [7, 11) is 0. The molecule has 0 saturated heterocycles. The van der Waals surface area contributed by atoms with Gasteiger partial charge in [-0.05, 0) is 39.0 Å². The van der Waals surface area contributed by atoms with Crippen molar-refractivity contribution in [3.63, 3.8) is 0 Å². The molecule has 0 aliphatic carbocycles. The van der Waals surface area contributed by atoms with Gasteiger partial charge >= 0.3 is 0 Å². The van der Waals surface area contributed by atoms with Crippen LogP contribution < -0.4 is 10.4 Å². The number of benzene rings is 1. The zero-order chi connectivity index (χ0) is 15.4. The van der Waals surface area contributed by atoms with Crippen LogP contribution in [-0.4, -0.2) is 23.2 Å². The Labute approximate surface area is 123 Å². The van der Waals surface area contributed by atoms with Gasteiger partial charge in [-0.25, -0.2) is 0 Å². The Bertz CT molecular complexity index is 644. The van der Waals surface area contributed by atoms with Crippen LogP contribution in [0.2, 0.25) is 0 Å². The molecule has 0 radical (unpaired) electrons. The van der Waals surface area contributed by atoms with E-state index in [0.717, 1.165) is 11.3 Å². The third-order valence-electron chi connectivity index (χ3n) is 3.23. The lowest BCUT2D eigenvalue weighted by molar-refractivity contribution is 0.0944. The number of aromatic amines is 1. The summed E-state index contributed by atoms with van der Waals surface area (Å²) >= 11 is 0. The molecule has 110 valence electrons. The van der Waals surface area contributed by atoms with Crippen molar-refractivity contribution in [2.45, 2.75) is 20.8 Å². The van der Waals surface area contributed by atoms with Gasteiger partial charge in [-0.15, -0.1) is 0 Å². The van der Waals surface area contributed by atoms with E-state index < -0.39 is 0 Å². The lowest BCUT2D eigenvalue weighted by Gasteiger charge is -2.23. The van der Waals surface area contributed by atoms with E-state index in [2.05, 4.69) is 10.4 Å². The number of nitrogens with zero attached hydrogens (tertiary/aromatic N) is 1. The molecule has 5 heteroatoms. The largest absolute Gasteiger partial charge is 0.356 e. The number of hydrazine groups is 1. The number of Topliss-reactive ketones (excluding diaryl/α,β-unsaturated/α-hetero) is 1. The molecule has 0 bridgehead atoms. The van der Waals surface area contributed by atoms with Gasteiger partial charge in [-0.1, -0.05) is 17.7 Å². The maximum atomic E-state index is 12.2. The number of amides is 1. The van der Waals surface area contributed by atoms with Crippen LogP contribution in [0.5, 0.6) is 0 Å². The number of rotatable bonds is 5. The summed E-state index contributed by atoms with van der Waals surface area (Å²) in [5.74, 6) is -0.346. The fraction of sp³-hybridized carbons (Fsp3) is 0.250. The number of H-pyrrole nitrogens is 1. The van der Waals surface area contributed by atoms with Gasteiger partial charge in [0, 0.05) is 18.3 Å². The molecule has 2 rings (SSSR count). The first-order valence-electron chi connectivity index (χ1n) is 6.85. The fourth-order valence-corrected chi connectivity index (χ4v) is 1.96. The van der Waals surface area contributed by atoms with Crippen LogP contribution in [0.1, 0.15) is 40.3 Å². The fourth-order valence-electron chi connectivity index (χ4n) is 1.96. The number of hydrogen-bond acceptors (Lipinski definition) is 3. The van der Waals surface area contributed by atoms with Gasteiger partial charge < -0.3 is 4.98 Å². The number of anilines is 1. The Morgan fingerprint density at radius 3 is 2.43 bits per heavy atom. The van der Waals surface area contributed by atoms with Crippen molar-refractivity contribution >= 4 is 17.4 Å². The minimum absolute atomic E-state index is 0.0730. The van der Waals surface area contributed by atoms with Crippen molar-refractivity contribution in [2.24, 2.45) is 0 Å². The molecular formula is C16H19N3O2. The molecule has 0 saturated carbocycles. The Morgan fingerprint density at radius 2 is 1.90 bits per heavy atom. The number of hydrogen-bond donors (Lipinski definition) is 2. The average Bonchev–Trinajstić information content (AvgIpc) is 2.96. The molecule has 1 aromatic carbocycles. The summed E-state index contributed by atoms with van der Waals surface area (Å²) in [5, 5.41) is 1.76. The quantitative estimate of drug-likeness (QED) is 0.655. The molecular weight excluding hydrogens is 266 g/mol. The molecule has 1 heterocycles. The van der Waals surface area contributed by atoms with Crippen LogP contribution in [0.4, 0.5) is 5.69 Å². The number of ketones is 1. The lowest BCUT2D eigenvalue weighted by atomic mass is 10.2. The highest BCUT2D eigenvalue weighted by molar-refractivity contribution is 5.99. The average molecular weight is 285 g/mol. The second-order valence-corrected chi connectivity index (χ2v) is 4.88. The molecule has 21 heavy (non-hydrogen) atoms. The number of aryl methyl sites for hydroxylation is 1. The molecule has 0 fully saturated rings. The van der Waals surface area contributed by atoms with Gasteiger partial charge in [0.25, 0.3) is 5.91 Å². The molecule has 2 aromatic rings. The molecule has 2 N–H and O–H groups in total. The monoisotopic (exact) mass is 285 g/mol. The smallest absolute Gasteiger partial charge is 0.286 e. The van der Waals surface area contributed by atoms with Gasteiger partial charge in [0.2, 0.25) is 0 Å². The first-order valence-corrected chi connectivity index (χ1v) is 6.85. The highest BCUT2D eigenvalue weighted by Crippen LogP contribution is 2.13. The Morgan fingerprint density at radius 1 is 1.24 bits per heavy atom. The van der Waals surface area contributed by atoms with Crippen molar-refractivity contribution in [3.8, 4) is 0 Å². The Balaban J connectivity index is 2.12. The van der Waals surface area contributed by atoms with Gasteiger partial charge in [0.05, 0.1) is 5.69 Å². The normalized spacial score (nSPS) is 10.2. The van der Waals surface area contributed by atoms with Gasteiger partial charge in [0.15, 0.2) is 5.78 Å². The SMILES string of the molecule is CCN(NC(=O)c1cc(C(C)=O)c[nH]1)c1ccc(C)cc1. The van der Waals surface area contributed by atoms with Crippen LogP contribution in [-0.2, 0) is 0 Å². The van der Waals surface area contributed by atoms with Crippen LogP contribution in [0, 0.1) is 6.92 Å². The lowest BCUT2D eigenvalue weighted by Crippen LogP contribution is -2.42. The van der Waals surface area contributed by atoms with E-state index in [9.17, 15) is 9.59 Å². The van der Waals surface area contributed by atoms with Crippen LogP contribution in [0.3, 0.4) is 0 Å². The van der Waals surface area contributed by atoms with E-state index in [1.165, 1.54) is 6.92 Å². The van der Waals surface area contributed by atoms with Crippen molar-refractivity contribution in [3.05, 3.63) is 53.3 Å². The van der Waals surface area contributed by atoms with E-state index in [-0.39, 0.29) is 11.7 Å². The van der Waals surface area contributed by atoms with Crippen molar-refractivity contribution < 1.29 is 9.59 Å². The Kier molecular flexibility index (Phi) is 4.42. The third kappa shape index (κ3) is 3.51. The van der Waals surface area contributed by atoms with Crippen molar-refractivity contribution in [1.29, 1.82) is 0 Å². The summed E-state index contributed by atoms with van der Waals surface area (Å²) in [6.45, 7) is 6.07. The third-order valence-corrected chi connectivity index (χ3v) is 3.23. The molecule has 1 amide bonds. The summed E-state index contributed by atoms with van der Waals surface area (Å²) in [6.07, 6.45) is 1.54. The Hall–Kier alpha value is -2.56. The van der Waals surface area contributed by atoms with E-state index in [1.54, 1.807) is 17.3 Å². The maximum Gasteiger partial charge on any atom is 0.286 e. The highest BCUT2D eigenvalue weighted by atomic mass is 16.2. The molecule has 0 spiro atoms. The maximum absolute atomic E-state index is 12.2. The second kappa shape index (κ2) is 6.26. The van der Waals surface area contributed by atoms with Gasteiger partial charge in [0.1, 0.15) is 5.69 Å². The first-order chi connectivity index (χ1) is 10.0. The highest BCUT2D eigenvalue weighted by Gasteiger charge is 2.13. The second-order valence-electron chi connectivity index (χ2n) is 4.88. The van der Waals surface area contributed by atoms with Crippen LogP contribution in [0.15, 0.2) is 36.5 Å². The van der Waals surface area contributed by atoms with Crippen molar-refractivity contribution in [2.75, 3.05) is 11.6 Å². The minimum atomic E-state index is -0.273. The number of carbonyl (C=O) groups excluding carboxylic acids is 2. The summed E-state index contributed by atoms with van der Waals surface area (Å²) in [5.41, 5.74) is 5.76. The summed E-state index contributed by atoms with van der Waals surface area (Å²) in [6, 6.07) is 9.45. The molecule has 1 aromatic heterocycles. The number of carbonyl (C=O) groups is 2. The van der Waals surface area contributed by atoms with E-state index in [0.29, 0.717) is 17.8 Å². The minimum Gasteiger partial charge on any atom is -0.356 e. The van der Waals surface area contributed by atoms with Gasteiger partial charge in [-0.3, -0.25) is 20.0 Å². The molecule has 0 atom stereocenters. The summed E-state index contributed by atoms with van der Waals surface area (Å²) < 4.78 is 0.